The first-order valence-corrected chi connectivity index (χ1v) is 9.80. The van der Waals surface area contributed by atoms with Gasteiger partial charge in [-0.15, -0.1) is 11.3 Å². The van der Waals surface area contributed by atoms with Crippen molar-refractivity contribution in [2.45, 2.75) is 33.4 Å². The number of benzene rings is 1. The normalized spacial score (nSPS) is 12.0. The Kier molecular flexibility index (Phi) is 7.38. The second kappa shape index (κ2) is 9.53. The van der Waals surface area contributed by atoms with Crippen molar-refractivity contribution in [1.82, 2.24) is 10.6 Å². The molecular weight excluding hydrogens is 362 g/mol. The Labute approximate surface area is 164 Å². The van der Waals surface area contributed by atoms with Crippen LogP contribution in [0.2, 0.25) is 0 Å². The molecule has 146 valence electrons. The van der Waals surface area contributed by atoms with Gasteiger partial charge in [0.2, 0.25) is 0 Å². The van der Waals surface area contributed by atoms with Gasteiger partial charge in [0.05, 0.1) is 17.0 Å². The van der Waals surface area contributed by atoms with Gasteiger partial charge in [-0.25, -0.2) is 4.79 Å². The maximum absolute atomic E-state index is 12.4. The molecule has 27 heavy (non-hydrogen) atoms. The molecule has 6 nitrogen and oxygen atoms in total. The lowest BCUT2D eigenvalue weighted by Crippen LogP contribution is -2.28. The zero-order chi connectivity index (χ0) is 20.0. The van der Waals surface area contributed by atoms with Gasteiger partial charge in [0, 0.05) is 25.2 Å². The van der Waals surface area contributed by atoms with Gasteiger partial charge in [0.1, 0.15) is 5.00 Å². The molecule has 0 aliphatic rings. The number of hydrogen-bond acceptors (Lipinski definition) is 6. The van der Waals surface area contributed by atoms with Crippen LogP contribution in [-0.2, 0) is 11.3 Å². The monoisotopic (exact) mass is 389 g/mol. The Morgan fingerprint density at radius 3 is 2.44 bits per heavy atom. The van der Waals surface area contributed by atoms with E-state index in [1.807, 2.05) is 18.2 Å². The number of amides is 1. The van der Waals surface area contributed by atoms with Gasteiger partial charge >= 0.3 is 5.97 Å². The van der Waals surface area contributed by atoms with E-state index in [9.17, 15) is 9.59 Å². The van der Waals surface area contributed by atoms with Crippen LogP contribution in [0.5, 0.6) is 0 Å². The van der Waals surface area contributed by atoms with Gasteiger partial charge in [0.15, 0.2) is 0 Å². The fourth-order valence-corrected chi connectivity index (χ4v) is 4.01. The summed E-state index contributed by atoms with van der Waals surface area (Å²) in [5.41, 5.74) is 8.06. The lowest BCUT2D eigenvalue weighted by molar-refractivity contribution is 0.0526. The van der Waals surface area contributed by atoms with Gasteiger partial charge in [-0.2, -0.15) is 0 Å². The van der Waals surface area contributed by atoms with Crippen molar-refractivity contribution in [3.63, 3.8) is 0 Å². The number of carbonyl (C=O) groups is 2. The van der Waals surface area contributed by atoms with Gasteiger partial charge < -0.3 is 21.1 Å². The third kappa shape index (κ3) is 4.87. The van der Waals surface area contributed by atoms with E-state index >= 15 is 0 Å². The molecule has 1 amide bonds. The molecule has 1 aromatic carbocycles. The average Bonchev–Trinajstić information content (AvgIpc) is 2.98. The van der Waals surface area contributed by atoms with Gasteiger partial charge in [-0.05, 0) is 18.4 Å². The maximum atomic E-state index is 12.4. The molecule has 0 radical (unpaired) electrons. The van der Waals surface area contributed by atoms with E-state index in [1.165, 1.54) is 0 Å². The van der Waals surface area contributed by atoms with Crippen LogP contribution in [0, 0.1) is 5.92 Å². The molecule has 0 bridgehead atoms. The highest BCUT2D eigenvalue weighted by atomic mass is 32.1. The third-order valence-electron chi connectivity index (χ3n) is 4.27. The molecule has 1 atom stereocenters. The molecule has 0 saturated carbocycles. The van der Waals surface area contributed by atoms with Crippen molar-refractivity contribution in [2.24, 2.45) is 5.92 Å². The summed E-state index contributed by atoms with van der Waals surface area (Å²) in [5.74, 6) is -0.447. The molecule has 2 rings (SSSR count). The molecule has 1 heterocycles. The molecule has 0 aliphatic heterocycles. The largest absolute Gasteiger partial charge is 0.462 e. The Balaban J connectivity index is 2.37. The Morgan fingerprint density at radius 1 is 1.22 bits per heavy atom. The average molecular weight is 390 g/mol. The van der Waals surface area contributed by atoms with E-state index in [0.717, 1.165) is 16.9 Å². The molecule has 0 aliphatic carbocycles. The van der Waals surface area contributed by atoms with Crippen LogP contribution in [-0.4, -0.2) is 25.5 Å². The van der Waals surface area contributed by atoms with E-state index in [-0.39, 0.29) is 24.1 Å². The van der Waals surface area contributed by atoms with Crippen molar-refractivity contribution in [3.8, 4) is 0 Å². The van der Waals surface area contributed by atoms with Gasteiger partial charge in [-0.1, -0.05) is 44.2 Å². The summed E-state index contributed by atoms with van der Waals surface area (Å²) in [7, 11) is 1.56. The van der Waals surface area contributed by atoms with Crippen LogP contribution in [0.3, 0.4) is 0 Å². The maximum Gasteiger partial charge on any atom is 0.341 e. The molecule has 0 saturated heterocycles. The summed E-state index contributed by atoms with van der Waals surface area (Å²) in [6.07, 6.45) is 0. The minimum Gasteiger partial charge on any atom is -0.462 e. The smallest absolute Gasteiger partial charge is 0.341 e. The van der Waals surface area contributed by atoms with Gasteiger partial charge in [0.25, 0.3) is 5.91 Å². The number of rotatable bonds is 8. The number of thiophene rings is 1. The zero-order valence-electron chi connectivity index (χ0n) is 16.2. The van der Waals surface area contributed by atoms with Crippen molar-refractivity contribution in [2.75, 3.05) is 19.4 Å². The van der Waals surface area contributed by atoms with Crippen LogP contribution in [0.25, 0.3) is 0 Å². The predicted molar refractivity (Wildman–Crippen MR) is 109 cm³/mol. The summed E-state index contributed by atoms with van der Waals surface area (Å²) >= 11 is 1.11. The molecule has 0 fully saturated rings. The standard InChI is InChI=1S/C20H27N3O3S/c1-5-26-20(25)15-14(17(19(24)22-4)27-18(15)21)11-23-16(12(2)3)13-9-7-6-8-10-13/h6-10,12,16,23H,5,11,21H2,1-4H3,(H,22,24)/t16-/m0/s1. The Hall–Kier alpha value is -2.38. The highest BCUT2D eigenvalue weighted by molar-refractivity contribution is 7.18. The zero-order valence-corrected chi connectivity index (χ0v) is 17.0. The number of anilines is 1. The minimum absolute atomic E-state index is 0.0694. The van der Waals surface area contributed by atoms with Crippen molar-refractivity contribution < 1.29 is 14.3 Å². The van der Waals surface area contributed by atoms with E-state index in [2.05, 4.69) is 36.6 Å². The third-order valence-corrected chi connectivity index (χ3v) is 5.33. The van der Waals surface area contributed by atoms with Gasteiger partial charge in [-0.3, -0.25) is 4.79 Å². The van der Waals surface area contributed by atoms with E-state index in [4.69, 9.17) is 10.5 Å². The van der Waals surface area contributed by atoms with E-state index in [1.54, 1.807) is 14.0 Å². The highest BCUT2D eigenvalue weighted by Crippen LogP contribution is 2.33. The molecule has 7 heteroatoms. The number of hydrogen-bond donors (Lipinski definition) is 3. The first-order valence-electron chi connectivity index (χ1n) is 8.99. The molecule has 0 spiro atoms. The predicted octanol–water partition coefficient (Wildman–Crippen LogP) is 3.35. The highest BCUT2D eigenvalue weighted by Gasteiger charge is 2.27. The molecule has 1 aromatic heterocycles. The number of carbonyl (C=O) groups excluding carboxylic acids is 2. The first kappa shape index (κ1) is 20.9. The number of nitrogens with one attached hydrogen (secondary N) is 2. The van der Waals surface area contributed by atoms with E-state index in [0.29, 0.717) is 27.9 Å². The molecule has 2 aromatic rings. The summed E-state index contributed by atoms with van der Waals surface area (Å²) < 4.78 is 5.14. The SMILES string of the molecule is CCOC(=O)c1c(N)sc(C(=O)NC)c1CN[C@H](c1ccccc1)C(C)C. The van der Waals surface area contributed by atoms with Crippen molar-refractivity contribution >= 4 is 28.2 Å². The van der Waals surface area contributed by atoms with Crippen LogP contribution in [0.15, 0.2) is 30.3 Å². The summed E-state index contributed by atoms with van der Waals surface area (Å²) in [4.78, 5) is 25.1. The Bertz CT molecular complexity index is 787. The lowest BCUT2D eigenvalue weighted by atomic mass is 9.95. The first-order chi connectivity index (χ1) is 12.9. The lowest BCUT2D eigenvalue weighted by Gasteiger charge is -2.23. The number of nitrogen functional groups attached to an aromatic ring is 1. The Morgan fingerprint density at radius 2 is 1.89 bits per heavy atom. The molecular formula is C20H27N3O3S. The quantitative estimate of drug-likeness (QED) is 0.602. The fourth-order valence-electron chi connectivity index (χ4n) is 2.99. The second-order valence-corrected chi connectivity index (χ2v) is 7.51. The van der Waals surface area contributed by atoms with Crippen LogP contribution >= 0.6 is 11.3 Å². The molecule has 0 unspecified atom stereocenters. The van der Waals surface area contributed by atoms with Crippen LogP contribution in [0.4, 0.5) is 5.00 Å². The number of nitrogens with two attached hydrogens (primary N) is 1. The second-order valence-electron chi connectivity index (χ2n) is 6.46. The molecule has 4 N–H and O–H groups in total. The van der Waals surface area contributed by atoms with Crippen LogP contribution < -0.4 is 16.4 Å². The number of ether oxygens (including phenoxy) is 1. The summed E-state index contributed by atoms with van der Waals surface area (Å²) in [5, 5.41) is 6.39. The topological polar surface area (TPSA) is 93.5 Å². The number of esters is 1. The minimum atomic E-state index is -0.501. The van der Waals surface area contributed by atoms with E-state index < -0.39 is 5.97 Å². The van der Waals surface area contributed by atoms with Crippen molar-refractivity contribution in [3.05, 3.63) is 51.9 Å². The summed E-state index contributed by atoms with van der Waals surface area (Å²) in [6.45, 7) is 6.57. The van der Waals surface area contributed by atoms with Crippen LogP contribution in [0.1, 0.15) is 58.0 Å². The van der Waals surface area contributed by atoms with Crippen molar-refractivity contribution in [1.29, 1.82) is 0 Å². The fraction of sp³-hybridized carbons (Fsp3) is 0.400. The summed E-state index contributed by atoms with van der Waals surface area (Å²) in [6, 6.07) is 10.2.